The van der Waals surface area contributed by atoms with Gasteiger partial charge in [-0.3, -0.25) is 4.79 Å². The molecule has 0 fully saturated rings. The van der Waals surface area contributed by atoms with Crippen LogP contribution in [-0.4, -0.2) is 15.5 Å². The minimum Gasteiger partial charge on any atom is -0.341 e. The molecule has 4 nitrogen and oxygen atoms in total. The van der Waals surface area contributed by atoms with Crippen LogP contribution in [0.4, 0.5) is 5.69 Å². The molecule has 1 N–H and O–H groups in total. The molecule has 124 valence electrons. The Labute approximate surface area is 149 Å². The van der Waals surface area contributed by atoms with Crippen LogP contribution in [0.25, 0.3) is 27.9 Å². The first-order valence-corrected chi connectivity index (χ1v) is 9.09. The highest BCUT2D eigenvalue weighted by atomic mass is 32.1. The second-order valence-electron chi connectivity index (χ2n) is 5.73. The monoisotopic (exact) mass is 347 g/mol. The first-order valence-electron chi connectivity index (χ1n) is 8.14. The number of carbonyl (C=O) groups excluding carboxylic acids is 1. The van der Waals surface area contributed by atoms with Crippen molar-refractivity contribution in [1.29, 1.82) is 0 Å². The number of nitrogens with one attached hydrogen (secondary N) is 1. The van der Waals surface area contributed by atoms with E-state index >= 15 is 0 Å². The molecule has 4 rings (SSSR count). The Hall–Kier alpha value is -2.92. The van der Waals surface area contributed by atoms with Gasteiger partial charge >= 0.3 is 0 Å². The van der Waals surface area contributed by atoms with Gasteiger partial charge in [0.2, 0.25) is 5.91 Å². The van der Waals surface area contributed by atoms with Crippen LogP contribution < -0.4 is 5.32 Å². The SMILES string of the molecule is CCn1c2ccccc2c2cc(NC(=O)/C=C\c3cscn3)ccc21. The van der Waals surface area contributed by atoms with Gasteiger partial charge in [-0.1, -0.05) is 18.2 Å². The van der Waals surface area contributed by atoms with Crippen LogP contribution in [0.15, 0.2) is 59.4 Å². The van der Waals surface area contributed by atoms with Gasteiger partial charge in [-0.25, -0.2) is 4.98 Å². The lowest BCUT2D eigenvalue weighted by Crippen LogP contribution is -2.07. The Bertz CT molecular complexity index is 1080. The number of fused-ring (bicyclic) bond motifs is 3. The Morgan fingerprint density at radius 3 is 2.84 bits per heavy atom. The second-order valence-corrected chi connectivity index (χ2v) is 6.45. The van der Waals surface area contributed by atoms with Gasteiger partial charge in [-0.15, -0.1) is 11.3 Å². The van der Waals surface area contributed by atoms with E-state index in [1.807, 2.05) is 23.6 Å². The molecule has 2 heterocycles. The summed E-state index contributed by atoms with van der Waals surface area (Å²) in [4.78, 5) is 16.3. The fraction of sp³-hybridized carbons (Fsp3) is 0.100. The first kappa shape index (κ1) is 15.6. The lowest BCUT2D eigenvalue weighted by molar-refractivity contribution is -0.111. The zero-order chi connectivity index (χ0) is 17.2. The highest BCUT2D eigenvalue weighted by Crippen LogP contribution is 2.30. The van der Waals surface area contributed by atoms with Crippen LogP contribution in [-0.2, 0) is 11.3 Å². The predicted octanol–water partition coefficient (Wildman–Crippen LogP) is 4.92. The topological polar surface area (TPSA) is 46.9 Å². The lowest BCUT2D eigenvalue weighted by atomic mass is 10.1. The van der Waals surface area contributed by atoms with Crippen molar-refractivity contribution in [3.8, 4) is 0 Å². The summed E-state index contributed by atoms with van der Waals surface area (Å²) in [7, 11) is 0. The molecule has 0 unspecified atom stereocenters. The average molecular weight is 347 g/mol. The highest BCUT2D eigenvalue weighted by molar-refractivity contribution is 7.07. The van der Waals surface area contributed by atoms with Gasteiger partial charge in [0.05, 0.1) is 11.2 Å². The van der Waals surface area contributed by atoms with Crippen molar-refractivity contribution in [1.82, 2.24) is 9.55 Å². The van der Waals surface area contributed by atoms with Crippen molar-refractivity contribution < 1.29 is 4.79 Å². The summed E-state index contributed by atoms with van der Waals surface area (Å²) in [5, 5.41) is 7.18. The van der Waals surface area contributed by atoms with Crippen molar-refractivity contribution in [2.75, 3.05) is 5.32 Å². The standard InChI is InChI=1S/C20H17N3OS/c1-2-23-18-6-4-3-5-16(18)17-11-14(7-9-19(17)23)22-20(24)10-8-15-12-25-13-21-15/h3-13H,2H2,1H3,(H,22,24)/b10-8-. The summed E-state index contributed by atoms with van der Waals surface area (Å²) in [5.41, 5.74) is 5.72. The normalized spacial score (nSPS) is 11.6. The summed E-state index contributed by atoms with van der Waals surface area (Å²) >= 11 is 1.51. The van der Waals surface area contributed by atoms with Gasteiger partial charge in [-0.05, 0) is 37.3 Å². The lowest BCUT2D eigenvalue weighted by Gasteiger charge is -2.05. The third kappa shape index (κ3) is 2.94. The molecule has 0 aliphatic rings. The summed E-state index contributed by atoms with van der Waals surface area (Å²) < 4.78 is 2.29. The van der Waals surface area contributed by atoms with E-state index in [0.717, 1.165) is 23.3 Å². The van der Waals surface area contributed by atoms with E-state index in [9.17, 15) is 4.79 Å². The van der Waals surface area contributed by atoms with Gasteiger partial charge in [0.15, 0.2) is 0 Å². The molecule has 0 aliphatic heterocycles. The van der Waals surface area contributed by atoms with Crippen LogP contribution >= 0.6 is 11.3 Å². The first-order chi connectivity index (χ1) is 12.3. The minimum absolute atomic E-state index is 0.161. The van der Waals surface area contributed by atoms with Gasteiger partial charge < -0.3 is 9.88 Å². The quantitative estimate of drug-likeness (QED) is 0.533. The summed E-state index contributed by atoms with van der Waals surface area (Å²) in [6, 6.07) is 14.4. The number of anilines is 1. The molecule has 2 aromatic carbocycles. The fourth-order valence-electron chi connectivity index (χ4n) is 3.12. The Balaban J connectivity index is 1.67. The van der Waals surface area contributed by atoms with Crippen molar-refractivity contribution in [2.24, 2.45) is 0 Å². The molecule has 0 saturated heterocycles. The largest absolute Gasteiger partial charge is 0.341 e. The number of carbonyl (C=O) groups is 1. The fourth-order valence-corrected chi connectivity index (χ4v) is 3.64. The maximum Gasteiger partial charge on any atom is 0.248 e. The molecule has 25 heavy (non-hydrogen) atoms. The van der Waals surface area contributed by atoms with Crippen LogP contribution in [0.3, 0.4) is 0 Å². The second kappa shape index (κ2) is 6.53. The Morgan fingerprint density at radius 2 is 2.04 bits per heavy atom. The number of rotatable bonds is 4. The number of aromatic nitrogens is 2. The summed E-state index contributed by atoms with van der Waals surface area (Å²) in [5.74, 6) is -0.161. The molecule has 5 heteroatoms. The van der Waals surface area contributed by atoms with Crippen LogP contribution in [0.2, 0.25) is 0 Å². The van der Waals surface area contributed by atoms with E-state index in [0.29, 0.717) is 0 Å². The molecular formula is C20H17N3OS. The zero-order valence-corrected chi connectivity index (χ0v) is 14.6. The molecule has 0 saturated carbocycles. The van der Waals surface area contributed by atoms with Gasteiger partial charge in [-0.2, -0.15) is 0 Å². The van der Waals surface area contributed by atoms with E-state index in [4.69, 9.17) is 0 Å². The van der Waals surface area contributed by atoms with Crippen LogP contribution in [0.5, 0.6) is 0 Å². The molecule has 0 bridgehead atoms. The molecule has 0 atom stereocenters. The third-order valence-electron chi connectivity index (χ3n) is 4.21. The van der Waals surface area contributed by atoms with Crippen LogP contribution in [0, 0.1) is 0 Å². The third-order valence-corrected chi connectivity index (χ3v) is 4.82. The van der Waals surface area contributed by atoms with Crippen molar-refractivity contribution in [3.63, 3.8) is 0 Å². The zero-order valence-electron chi connectivity index (χ0n) is 13.8. The molecule has 4 aromatic rings. The van der Waals surface area contributed by atoms with Crippen molar-refractivity contribution >= 4 is 50.8 Å². The van der Waals surface area contributed by atoms with E-state index in [-0.39, 0.29) is 5.91 Å². The number of aryl methyl sites for hydroxylation is 1. The molecule has 0 aliphatic carbocycles. The van der Waals surface area contributed by atoms with Gasteiger partial charge in [0, 0.05) is 45.5 Å². The van der Waals surface area contributed by atoms with E-state index in [1.54, 1.807) is 11.6 Å². The number of hydrogen-bond acceptors (Lipinski definition) is 3. The number of benzene rings is 2. The number of amides is 1. The van der Waals surface area contributed by atoms with E-state index in [1.165, 1.54) is 33.8 Å². The number of para-hydroxylation sites is 1. The summed E-state index contributed by atoms with van der Waals surface area (Å²) in [6.07, 6.45) is 3.22. The number of nitrogens with zero attached hydrogens (tertiary/aromatic N) is 2. The Morgan fingerprint density at radius 1 is 1.20 bits per heavy atom. The number of thiazole rings is 1. The minimum atomic E-state index is -0.161. The van der Waals surface area contributed by atoms with Crippen molar-refractivity contribution in [2.45, 2.75) is 13.5 Å². The predicted molar refractivity (Wildman–Crippen MR) is 105 cm³/mol. The van der Waals surface area contributed by atoms with E-state index in [2.05, 4.69) is 46.1 Å². The Kier molecular flexibility index (Phi) is 4.07. The van der Waals surface area contributed by atoms with Crippen LogP contribution in [0.1, 0.15) is 12.6 Å². The van der Waals surface area contributed by atoms with E-state index < -0.39 is 0 Å². The maximum atomic E-state index is 12.1. The molecule has 1 amide bonds. The van der Waals surface area contributed by atoms with Crippen molar-refractivity contribution in [3.05, 3.63) is 65.1 Å². The average Bonchev–Trinajstić information content (AvgIpc) is 3.25. The molecule has 0 radical (unpaired) electrons. The molecular weight excluding hydrogens is 330 g/mol. The smallest absolute Gasteiger partial charge is 0.248 e. The highest BCUT2D eigenvalue weighted by Gasteiger charge is 2.10. The number of hydrogen-bond donors (Lipinski definition) is 1. The molecule has 0 spiro atoms. The van der Waals surface area contributed by atoms with Gasteiger partial charge in [0.25, 0.3) is 0 Å². The maximum absolute atomic E-state index is 12.1. The summed E-state index contributed by atoms with van der Waals surface area (Å²) in [6.45, 7) is 3.05. The molecule has 2 aromatic heterocycles. The van der Waals surface area contributed by atoms with Gasteiger partial charge in [0.1, 0.15) is 0 Å².